The third-order valence-corrected chi connectivity index (χ3v) is 12.4. The summed E-state index contributed by atoms with van der Waals surface area (Å²) in [5, 5.41) is 25.4. The standard InChI is InChI=1S/C43H48ClN3O11/c1-23-15-30(49)37(41(53)43(23)42(54)38-32(56-3)19-33(57-4)39(44)40(38)58-43)27(25-12-13-29(48)31(17-25)55-2)18-34(50)45-14-7-5-6-10-35(51)46-20-24-16-26(22-46)28-9-8-11-36(52)47(28)21-24/h8-9,11-13,17,19,23-24,26-27,48,53H,5-7,10,14-16,18,20-22H2,1-4H3,(H,45,50)/t23-,24?,26?,27?,43+/m1/s1. The molecule has 1 fully saturated rings. The van der Waals surface area contributed by atoms with E-state index in [4.69, 9.17) is 30.5 Å². The van der Waals surface area contributed by atoms with Crippen LogP contribution in [0.1, 0.15) is 85.3 Å². The molecule has 58 heavy (non-hydrogen) atoms. The topological polar surface area (TPSA) is 183 Å². The number of hydrogen-bond donors (Lipinski definition) is 3. The highest BCUT2D eigenvalue weighted by Crippen LogP contribution is 2.56. The van der Waals surface area contributed by atoms with E-state index < -0.39 is 40.7 Å². The molecular weight excluding hydrogens is 770 g/mol. The van der Waals surface area contributed by atoms with Crippen molar-refractivity contribution in [3.8, 4) is 28.7 Å². The molecule has 1 aliphatic carbocycles. The number of ether oxygens (including phenoxy) is 4. The number of carbonyl (C=O) groups is 4. The number of halogens is 1. The molecule has 1 saturated heterocycles. The number of hydrogen-bond acceptors (Lipinski definition) is 11. The number of pyridine rings is 1. The van der Waals surface area contributed by atoms with Crippen molar-refractivity contribution >= 4 is 35.0 Å². The van der Waals surface area contributed by atoms with Crippen molar-refractivity contribution in [2.24, 2.45) is 11.8 Å². The van der Waals surface area contributed by atoms with Crippen LogP contribution in [0.15, 0.2) is 58.6 Å². The summed E-state index contributed by atoms with van der Waals surface area (Å²) in [6.07, 6.45) is 2.77. The van der Waals surface area contributed by atoms with Crippen molar-refractivity contribution < 1.29 is 48.3 Å². The number of rotatable bonds is 13. The number of ketones is 2. The van der Waals surface area contributed by atoms with E-state index in [1.54, 1.807) is 19.1 Å². The molecule has 3 aromatic rings. The maximum absolute atomic E-state index is 14.4. The quantitative estimate of drug-likeness (QED) is 0.186. The van der Waals surface area contributed by atoms with Gasteiger partial charge in [-0.2, -0.15) is 0 Å². The van der Waals surface area contributed by atoms with E-state index in [1.807, 2.05) is 15.5 Å². The van der Waals surface area contributed by atoms with Gasteiger partial charge >= 0.3 is 0 Å². The molecule has 308 valence electrons. The molecule has 3 unspecified atom stereocenters. The predicted molar refractivity (Wildman–Crippen MR) is 212 cm³/mol. The Kier molecular flexibility index (Phi) is 11.5. The Morgan fingerprint density at radius 2 is 1.72 bits per heavy atom. The molecule has 1 spiro atoms. The number of phenols is 1. The summed E-state index contributed by atoms with van der Waals surface area (Å²) in [6, 6.07) is 11.2. The summed E-state index contributed by atoms with van der Waals surface area (Å²) < 4.78 is 24.3. The lowest BCUT2D eigenvalue weighted by atomic mass is 9.69. The SMILES string of the molecule is COc1cc(C(CC(=O)NCCCCCC(=O)N2CC3CC(C2)c2cccc(=O)n2C3)C2=C(O)[C@@]3(Oc4c(Cl)c(OC)cc(OC)c4C3=O)[C@H](C)CC2=O)ccc1O. The van der Waals surface area contributed by atoms with E-state index in [0.717, 1.165) is 12.1 Å². The van der Waals surface area contributed by atoms with Crippen molar-refractivity contribution in [3.05, 3.63) is 86.0 Å². The van der Waals surface area contributed by atoms with E-state index in [2.05, 4.69) is 5.32 Å². The predicted octanol–water partition coefficient (Wildman–Crippen LogP) is 5.46. The van der Waals surface area contributed by atoms with Crippen LogP contribution in [0.5, 0.6) is 28.7 Å². The first-order valence-electron chi connectivity index (χ1n) is 19.6. The average Bonchev–Trinajstić information content (AvgIpc) is 3.52. The van der Waals surface area contributed by atoms with Gasteiger partial charge in [-0.25, -0.2) is 0 Å². The fraction of sp³-hybridized carbons (Fsp3) is 0.465. The largest absolute Gasteiger partial charge is 0.507 e. The number of benzene rings is 2. The molecule has 3 aliphatic heterocycles. The number of allylic oxidation sites excluding steroid dienone is 1. The maximum atomic E-state index is 14.4. The van der Waals surface area contributed by atoms with E-state index in [-0.39, 0.29) is 81.1 Å². The zero-order valence-electron chi connectivity index (χ0n) is 33.0. The Labute approximate surface area is 340 Å². The van der Waals surface area contributed by atoms with Gasteiger partial charge in [0.25, 0.3) is 5.56 Å². The van der Waals surface area contributed by atoms with Gasteiger partial charge in [0.1, 0.15) is 22.1 Å². The molecule has 3 N–H and O–H groups in total. The van der Waals surface area contributed by atoms with E-state index in [1.165, 1.54) is 45.6 Å². The molecular formula is C43H48ClN3O11. The fourth-order valence-corrected chi connectivity index (χ4v) is 9.42. The number of likely N-dealkylation sites (tertiary alicyclic amines) is 1. The Balaban J connectivity index is 1.04. The second-order valence-electron chi connectivity index (χ2n) is 15.6. The number of nitrogens with one attached hydrogen (secondary N) is 1. The van der Waals surface area contributed by atoms with Crippen molar-refractivity contribution in [3.63, 3.8) is 0 Å². The van der Waals surface area contributed by atoms with Crippen LogP contribution in [0.2, 0.25) is 5.02 Å². The first-order valence-corrected chi connectivity index (χ1v) is 20.0. The van der Waals surface area contributed by atoms with Crippen LogP contribution >= 0.6 is 11.6 Å². The Hall–Kier alpha value is -5.50. The van der Waals surface area contributed by atoms with Gasteiger partial charge in [-0.05, 0) is 48.9 Å². The number of Topliss-reactive ketones (excluding diaryl/α,β-unsaturated/α-hetero) is 2. The van der Waals surface area contributed by atoms with Gasteiger partial charge in [0.15, 0.2) is 28.8 Å². The van der Waals surface area contributed by atoms with Gasteiger partial charge in [-0.3, -0.25) is 24.0 Å². The van der Waals surface area contributed by atoms with Gasteiger partial charge in [-0.1, -0.05) is 37.1 Å². The maximum Gasteiger partial charge on any atom is 0.250 e. The number of nitrogens with zero attached hydrogens (tertiary/aromatic N) is 2. The molecule has 15 heteroatoms. The van der Waals surface area contributed by atoms with Crippen LogP contribution in [0, 0.1) is 11.8 Å². The van der Waals surface area contributed by atoms with Gasteiger partial charge in [0.05, 0.1) is 21.3 Å². The van der Waals surface area contributed by atoms with Gasteiger partial charge in [0, 0.05) is 86.6 Å². The van der Waals surface area contributed by atoms with E-state index in [0.29, 0.717) is 57.4 Å². The molecule has 14 nitrogen and oxygen atoms in total. The number of aromatic nitrogens is 1. The number of aromatic hydroxyl groups is 1. The second-order valence-corrected chi connectivity index (χ2v) is 16.0. The first-order chi connectivity index (χ1) is 27.8. The third kappa shape index (κ3) is 7.16. The number of methoxy groups -OCH3 is 3. The molecule has 1 aromatic heterocycles. The zero-order chi connectivity index (χ0) is 41.5. The van der Waals surface area contributed by atoms with Crippen molar-refractivity contribution in [2.45, 2.75) is 75.9 Å². The zero-order valence-corrected chi connectivity index (χ0v) is 33.7. The van der Waals surface area contributed by atoms with Crippen molar-refractivity contribution in [1.29, 1.82) is 0 Å². The molecule has 0 saturated carbocycles. The number of aliphatic hydroxyl groups is 1. The monoisotopic (exact) mass is 817 g/mol. The van der Waals surface area contributed by atoms with Crippen LogP contribution in [0.4, 0.5) is 0 Å². The molecule has 5 atom stereocenters. The van der Waals surface area contributed by atoms with Gasteiger partial charge in [0.2, 0.25) is 23.2 Å². The van der Waals surface area contributed by atoms with Crippen LogP contribution in [-0.2, 0) is 20.9 Å². The summed E-state index contributed by atoms with van der Waals surface area (Å²) >= 11 is 6.61. The van der Waals surface area contributed by atoms with Crippen LogP contribution in [-0.4, -0.2) is 89.6 Å². The lowest BCUT2D eigenvalue weighted by Crippen LogP contribution is -2.53. The lowest BCUT2D eigenvalue weighted by molar-refractivity contribution is -0.134. The summed E-state index contributed by atoms with van der Waals surface area (Å²) in [6.45, 7) is 3.78. The van der Waals surface area contributed by atoms with E-state index >= 15 is 0 Å². The number of piperidine rings is 1. The second kappa shape index (κ2) is 16.4. The van der Waals surface area contributed by atoms with E-state index in [9.17, 15) is 34.2 Å². The Morgan fingerprint density at radius 3 is 2.47 bits per heavy atom. The number of fused-ring (bicyclic) bond motifs is 5. The Bertz CT molecular complexity index is 2250. The van der Waals surface area contributed by atoms with Crippen molar-refractivity contribution in [2.75, 3.05) is 41.0 Å². The van der Waals surface area contributed by atoms with Crippen LogP contribution in [0.25, 0.3) is 0 Å². The number of aliphatic hydroxyl groups excluding tert-OH is 1. The summed E-state index contributed by atoms with van der Waals surface area (Å²) in [5.41, 5.74) is -0.870. The average molecular weight is 818 g/mol. The van der Waals surface area contributed by atoms with Gasteiger partial charge in [-0.15, -0.1) is 0 Å². The minimum atomic E-state index is -2.06. The molecule has 2 aromatic carbocycles. The Morgan fingerprint density at radius 1 is 0.966 bits per heavy atom. The molecule has 4 heterocycles. The van der Waals surface area contributed by atoms with Crippen LogP contribution < -0.4 is 29.8 Å². The third-order valence-electron chi connectivity index (χ3n) is 12.1. The molecule has 0 radical (unpaired) electrons. The normalized spacial score (nSPS) is 22.6. The smallest absolute Gasteiger partial charge is 0.250 e. The summed E-state index contributed by atoms with van der Waals surface area (Å²) in [5.74, 6) is -3.49. The lowest BCUT2D eigenvalue weighted by Gasteiger charge is -2.42. The highest BCUT2D eigenvalue weighted by molar-refractivity contribution is 6.35. The van der Waals surface area contributed by atoms with Crippen LogP contribution in [0.3, 0.4) is 0 Å². The highest BCUT2D eigenvalue weighted by Gasteiger charge is 2.61. The molecule has 4 aliphatic rings. The van der Waals surface area contributed by atoms with Crippen molar-refractivity contribution in [1.82, 2.24) is 14.8 Å². The first kappa shape index (κ1) is 40.7. The summed E-state index contributed by atoms with van der Waals surface area (Å²) in [4.78, 5) is 69.5. The number of carbonyl (C=O) groups excluding carboxylic acids is 4. The fourth-order valence-electron chi connectivity index (χ4n) is 9.16. The summed E-state index contributed by atoms with van der Waals surface area (Å²) in [7, 11) is 4.12. The minimum absolute atomic E-state index is 0.00574. The van der Waals surface area contributed by atoms with Gasteiger partial charge < -0.3 is 43.9 Å². The number of amides is 2. The molecule has 2 bridgehead atoms. The number of unbranched alkanes of at least 4 members (excludes halogenated alkanes) is 2. The highest BCUT2D eigenvalue weighted by atomic mass is 35.5. The minimum Gasteiger partial charge on any atom is -0.507 e. The molecule has 7 rings (SSSR count). The number of phenolic OH excluding ortho intramolecular Hbond substituents is 1. The molecule has 2 amide bonds.